The van der Waals surface area contributed by atoms with Crippen molar-refractivity contribution in [1.29, 1.82) is 0 Å². The summed E-state index contributed by atoms with van der Waals surface area (Å²) in [4.78, 5) is 26.0. The van der Waals surface area contributed by atoms with Gasteiger partial charge in [0.15, 0.2) is 0 Å². The van der Waals surface area contributed by atoms with Gasteiger partial charge in [0.1, 0.15) is 0 Å². The summed E-state index contributed by atoms with van der Waals surface area (Å²) < 4.78 is 0. The summed E-state index contributed by atoms with van der Waals surface area (Å²) in [5.41, 5.74) is 2.91. The van der Waals surface area contributed by atoms with Crippen LogP contribution < -0.4 is 5.32 Å². The number of benzene rings is 2. The van der Waals surface area contributed by atoms with Gasteiger partial charge in [-0.1, -0.05) is 49.4 Å². The zero-order valence-electron chi connectivity index (χ0n) is 14.6. The topological polar surface area (TPSA) is 49.4 Å². The van der Waals surface area contributed by atoms with Crippen molar-refractivity contribution < 1.29 is 9.59 Å². The molecule has 1 aliphatic heterocycles. The molecule has 0 saturated carbocycles. The van der Waals surface area contributed by atoms with Crippen molar-refractivity contribution in [2.75, 3.05) is 13.1 Å². The smallest absolute Gasteiger partial charge is 0.251 e. The molecule has 2 amide bonds. The third kappa shape index (κ3) is 4.27. The van der Waals surface area contributed by atoms with Crippen molar-refractivity contribution in [2.24, 2.45) is 0 Å². The minimum atomic E-state index is -0.0418. The van der Waals surface area contributed by atoms with E-state index >= 15 is 0 Å². The maximum absolute atomic E-state index is 12.4. The van der Waals surface area contributed by atoms with Gasteiger partial charge in [0.2, 0.25) is 5.91 Å². The molecule has 0 unspecified atom stereocenters. The predicted molar refractivity (Wildman–Crippen MR) is 99.2 cm³/mol. The molecular weight excluding hydrogens is 312 g/mol. The molecule has 25 heavy (non-hydrogen) atoms. The first-order valence-corrected chi connectivity index (χ1v) is 8.91. The second-order valence-electron chi connectivity index (χ2n) is 6.43. The number of likely N-dealkylation sites (tertiary alicyclic amines) is 1. The summed E-state index contributed by atoms with van der Waals surface area (Å²) in [6.07, 6.45) is 2.18. The quantitative estimate of drug-likeness (QED) is 0.929. The average Bonchev–Trinajstić information content (AvgIpc) is 2.68. The Labute approximate surface area is 148 Å². The molecule has 3 rings (SSSR count). The highest BCUT2D eigenvalue weighted by Crippen LogP contribution is 2.19. The molecule has 1 aliphatic rings. The number of hydrogen-bond acceptors (Lipinski definition) is 2. The summed E-state index contributed by atoms with van der Waals surface area (Å²) in [5, 5.41) is 3.09. The fourth-order valence-corrected chi connectivity index (χ4v) is 3.21. The Morgan fingerprint density at radius 1 is 0.960 bits per heavy atom. The number of nitrogens with one attached hydrogen (secondary N) is 1. The molecule has 2 aromatic rings. The lowest BCUT2D eigenvalue weighted by Gasteiger charge is -2.32. The lowest BCUT2D eigenvalue weighted by atomic mass is 10.0. The van der Waals surface area contributed by atoms with E-state index in [1.165, 1.54) is 0 Å². The van der Waals surface area contributed by atoms with Crippen LogP contribution in [0.5, 0.6) is 0 Å². The summed E-state index contributed by atoms with van der Waals surface area (Å²) in [7, 11) is 0. The molecule has 0 atom stereocenters. The molecular formula is C21H24N2O2. The van der Waals surface area contributed by atoms with Crippen molar-refractivity contribution in [1.82, 2.24) is 10.2 Å². The van der Waals surface area contributed by atoms with E-state index in [0.29, 0.717) is 12.0 Å². The molecule has 0 spiro atoms. The molecule has 1 fully saturated rings. The van der Waals surface area contributed by atoms with E-state index in [1.54, 1.807) is 0 Å². The van der Waals surface area contributed by atoms with Crippen LogP contribution in [0.25, 0.3) is 11.1 Å². The highest BCUT2D eigenvalue weighted by molar-refractivity contribution is 5.94. The van der Waals surface area contributed by atoms with Crippen LogP contribution in [0.15, 0.2) is 54.6 Å². The number of carbonyl (C=O) groups excluding carboxylic acids is 2. The van der Waals surface area contributed by atoms with Gasteiger partial charge in [0, 0.05) is 31.1 Å². The van der Waals surface area contributed by atoms with Crippen molar-refractivity contribution in [3.63, 3.8) is 0 Å². The van der Waals surface area contributed by atoms with Crippen molar-refractivity contribution in [3.05, 3.63) is 60.2 Å². The Bertz CT molecular complexity index is 717. The first kappa shape index (κ1) is 17.2. The molecule has 130 valence electrons. The fraction of sp³-hybridized carbons (Fsp3) is 0.333. The number of amides is 2. The fourth-order valence-electron chi connectivity index (χ4n) is 3.21. The molecule has 0 bridgehead atoms. The first-order chi connectivity index (χ1) is 12.2. The minimum absolute atomic E-state index is 0.0418. The Morgan fingerprint density at radius 2 is 1.56 bits per heavy atom. The maximum Gasteiger partial charge on any atom is 0.251 e. The average molecular weight is 336 g/mol. The Kier molecular flexibility index (Phi) is 5.49. The van der Waals surface area contributed by atoms with Gasteiger partial charge in [-0.2, -0.15) is 0 Å². The SMILES string of the molecule is CCC(=O)N1CCC(NC(=O)c2ccc(-c3ccccc3)cc2)CC1. The monoisotopic (exact) mass is 336 g/mol. The van der Waals surface area contributed by atoms with E-state index in [4.69, 9.17) is 0 Å². The van der Waals surface area contributed by atoms with E-state index in [-0.39, 0.29) is 17.9 Å². The van der Waals surface area contributed by atoms with Gasteiger partial charge in [-0.05, 0) is 36.1 Å². The van der Waals surface area contributed by atoms with Crippen molar-refractivity contribution in [3.8, 4) is 11.1 Å². The number of rotatable bonds is 4. The lowest BCUT2D eigenvalue weighted by Crippen LogP contribution is -2.46. The molecule has 0 radical (unpaired) electrons. The summed E-state index contributed by atoms with van der Waals surface area (Å²) in [6, 6.07) is 17.9. The van der Waals surface area contributed by atoms with E-state index in [9.17, 15) is 9.59 Å². The summed E-state index contributed by atoms with van der Waals surface area (Å²) in [5.74, 6) is 0.154. The van der Waals surface area contributed by atoms with E-state index in [0.717, 1.165) is 37.1 Å². The normalized spacial score (nSPS) is 15.0. The van der Waals surface area contributed by atoms with Gasteiger partial charge in [0.25, 0.3) is 5.91 Å². The van der Waals surface area contributed by atoms with Gasteiger partial charge in [-0.3, -0.25) is 9.59 Å². The van der Waals surface area contributed by atoms with Crippen molar-refractivity contribution in [2.45, 2.75) is 32.2 Å². The summed E-state index contributed by atoms with van der Waals surface area (Å²) >= 11 is 0. The van der Waals surface area contributed by atoms with E-state index in [2.05, 4.69) is 17.4 Å². The molecule has 4 nitrogen and oxygen atoms in total. The standard InChI is InChI=1S/C21H24N2O2/c1-2-20(24)23-14-12-19(13-15-23)22-21(25)18-10-8-17(9-11-18)16-6-4-3-5-7-16/h3-11,19H,2,12-15H2,1H3,(H,22,25). The largest absolute Gasteiger partial charge is 0.349 e. The molecule has 1 N–H and O–H groups in total. The van der Waals surface area contributed by atoms with Crippen molar-refractivity contribution >= 4 is 11.8 Å². The second kappa shape index (κ2) is 7.97. The van der Waals surface area contributed by atoms with Crippen LogP contribution in [0.3, 0.4) is 0 Å². The van der Waals surface area contributed by atoms with Crippen LogP contribution in [0, 0.1) is 0 Å². The van der Waals surface area contributed by atoms with Gasteiger partial charge < -0.3 is 10.2 Å². The van der Waals surface area contributed by atoms with Crippen LogP contribution in [0.4, 0.5) is 0 Å². The zero-order chi connectivity index (χ0) is 17.6. The maximum atomic E-state index is 12.4. The molecule has 4 heteroatoms. The Morgan fingerprint density at radius 3 is 2.16 bits per heavy atom. The first-order valence-electron chi connectivity index (χ1n) is 8.91. The van der Waals surface area contributed by atoms with Gasteiger partial charge in [-0.15, -0.1) is 0 Å². The number of nitrogens with zero attached hydrogens (tertiary/aromatic N) is 1. The molecule has 2 aromatic carbocycles. The Hall–Kier alpha value is -2.62. The zero-order valence-corrected chi connectivity index (χ0v) is 14.6. The number of carbonyl (C=O) groups is 2. The van der Waals surface area contributed by atoms with Crippen LogP contribution >= 0.6 is 0 Å². The Balaban J connectivity index is 1.56. The van der Waals surface area contributed by atoms with Gasteiger partial charge in [0.05, 0.1) is 0 Å². The van der Waals surface area contributed by atoms with E-state index < -0.39 is 0 Å². The van der Waals surface area contributed by atoms with Crippen LogP contribution in [-0.4, -0.2) is 35.8 Å². The summed E-state index contributed by atoms with van der Waals surface area (Å²) in [6.45, 7) is 3.34. The van der Waals surface area contributed by atoms with Crippen LogP contribution in [-0.2, 0) is 4.79 Å². The van der Waals surface area contributed by atoms with Gasteiger partial charge >= 0.3 is 0 Å². The molecule has 0 aromatic heterocycles. The highest BCUT2D eigenvalue weighted by atomic mass is 16.2. The minimum Gasteiger partial charge on any atom is -0.349 e. The molecule has 1 heterocycles. The third-order valence-corrected chi connectivity index (χ3v) is 4.74. The number of hydrogen-bond donors (Lipinski definition) is 1. The molecule has 1 saturated heterocycles. The number of piperidine rings is 1. The van der Waals surface area contributed by atoms with Crippen LogP contribution in [0.1, 0.15) is 36.5 Å². The molecule has 0 aliphatic carbocycles. The van der Waals surface area contributed by atoms with E-state index in [1.807, 2.05) is 54.3 Å². The third-order valence-electron chi connectivity index (χ3n) is 4.74. The second-order valence-corrected chi connectivity index (χ2v) is 6.43. The van der Waals surface area contributed by atoms with Gasteiger partial charge in [-0.25, -0.2) is 0 Å². The highest BCUT2D eigenvalue weighted by Gasteiger charge is 2.23. The lowest BCUT2D eigenvalue weighted by molar-refractivity contribution is -0.131. The van der Waals surface area contributed by atoms with Crippen LogP contribution in [0.2, 0.25) is 0 Å². The predicted octanol–water partition coefficient (Wildman–Crippen LogP) is 3.48.